The van der Waals surface area contributed by atoms with Crippen LogP contribution in [0.4, 0.5) is 0 Å². The van der Waals surface area contributed by atoms with E-state index in [9.17, 15) is 18.0 Å². The van der Waals surface area contributed by atoms with Crippen LogP contribution in [-0.2, 0) is 30.8 Å². The molecule has 0 radical (unpaired) electrons. The average Bonchev–Trinajstić information content (AvgIpc) is 2.72. The summed E-state index contributed by atoms with van der Waals surface area (Å²) in [6, 6.07) is 7.89. The molecule has 2 N–H and O–H groups in total. The lowest BCUT2D eigenvalue weighted by molar-refractivity contribution is -0.167. The van der Waals surface area contributed by atoms with Crippen LogP contribution >= 0.6 is 0 Å². The van der Waals surface area contributed by atoms with E-state index in [2.05, 4.69) is 10.0 Å². The highest BCUT2D eigenvalue weighted by Crippen LogP contribution is 2.27. The second kappa shape index (κ2) is 9.76. The predicted octanol–water partition coefficient (Wildman–Crippen LogP) is 0.0548. The van der Waals surface area contributed by atoms with Crippen LogP contribution in [0.1, 0.15) is 24.8 Å². The number of hydrogen-bond acceptors (Lipinski definition) is 6. The van der Waals surface area contributed by atoms with Crippen LogP contribution in [-0.4, -0.2) is 76.4 Å². The fourth-order valence-electron chi connectivity index (χ4n) is 3.77. The van der Waals surface area contributed by atoms with E-state index in [0.717, 1.165) is 36.8 Å². The Bertz CT molecular complexity index is 875. The van der Waals surface area contributed by atoms with Gasteiger partial charge in [-0.3, -0.25) is 9.59 Å². The summed E-state index contributed by atoms with van der Waals surface area (Å²) in [5.74, 6) is 0.193. The van der Waals surface area contributed by atoms with E-state index < -0.39 is 15.6 Å². The maximum absolute atomic E-state index is 13.0. The van der Waals surface area contributed by atoms with Crippen molar-refractivity contribution in [1.82, 2.24) is 14.9 Å². The molecule has 10 heteroatoms. The Morgan fingerprint density at radius 3 is 2.87 bits per heavy atom. The monoisotopic (exact) mass is 439 g/mol. The van der Waals surface area contributed by atoms with Crippen LogP contribution in [0.25, 0.3) is 0 Å². The highest BCUT2D eigenvalue weighted by Gasteiger charge is 2.44. The summed E-state index contributed by atoms with van der Waals surface area (Å²) >= 11 is 0. The average molecular weight is 440 g/mol. The first-order valence-electron chi connectivity index (χ1n) is 10.1. The van der Waals surface area contributed by atoms with Crippen molar-refractivity contribution in [2.75, 3.05) is 45.6 Å². The topological polar surface area (TPSA) is 114 Å². The van der Waals surface area contributed by atoms with E-state index in [0.29, 0.717) is 26.1 Å². The van der Waals surface area contributed by atoms with E-state index in [1.807, 2.05) is 24.3 Å². The number of carbonyl (C=O) groups excluding carboxylic acids is 2. The largest absolute Gasteiger partial charge is 0.491 e. The first-order valence-corrected chi connectivity index (χ1v) is 12.0. The molecule has 1 fully saturated rings. The van der Waals surface area contributed by atoms with Crippen LogP contribution in [0.5, 0.6) is 5.75 Å². The quantitative estimate of drug-likeness (QED) is 0.688. The van der Waals surface area contributed by atoms with Crippen molar-refractivity contribution in [1.29, 1.82) is 0 Å². The highest BCUT2D eigenvalue weighted by molar-refractivity contribution is 7.88. The van der Waals surface area contributed by atoms with Crippen molar-refractivity contribution in [3.05, 3.63) is 29.8 Å². The second-order valence-electron chi connectivity index (χ2n) is 7.67. The first kappa shape index (κ1) is 22.5. The third-order valence-corrected chi connectivity index (χ3v) is 6.00. The number of rotatable bonds is 3. The third kappa shape index (κ3) is 5.93. The number of morpholine rings is 1. The number of para-hydroxylation sites is 1. The summed E-state index contributed by atoms with van der Waals surface area (Å²) < 4.78 is 36.5. The van der Waals surface area contributed by atoms with Gasteiger partial charge in [0, 0.05) is 6.54 Å². The van der Waals surface area contributed by atoms with Crippen molar-refractivity contribution >= 4 is 21.8 Å². The molecule has 1 aromatic carbocycles. The number of benzene rings is 1. The lowest BCUT2D eigenvalue weighted by Gasteiger charge is -2.41. The van der Waals surface area contributed by atoms with Crippen LogP contribution in [0, 0.1) is 0 Å². The number of aryl methyl sites for hydroxylation is 1. The summed E-state index contributed by atoms with van der Waals surface area (Å²) in [5.41, 5.74) is -0.00998. The maximum atomic E-state index is 13.0. The van der Waals surface area contributed by atoms with Gasteiger partial charge < -0.3 is 19.7 Å². The molecule has 2 heterocycles. The molecule has 9 nitrogen and oxygen atoms in total. The van der Waals surface area contributed by atoms with E-state index in [1.165, 1.54) is 4.90 Å². The van der Waals surface area contributed by atoms with E-state index in [4.69, 9.17) is 9.47 Å². The minimum absolute atomic E-state index is 0.0978. The molecule has 1 atom stereocenters. The normalized spacial score (nSPS) is 23.5. The molecule has 1 saturated heterocycles. The Hall–Kier alpha value is -2.17. The molecular formula is C20H29N3O6S. The fraction of sp³-hybridized carbons (Fsp3) is 0.600. The number of sulfonamides is 1. The lowest BCUT2D eigenvalue weighted by atomic mass is 9.91. The molecule has 30 heavy (non-hydrogen) atoms. The van der Waals surface area contributed by atoms with Gasteiger partial charge in [0.05, 0.1) is 32.5 Å². The highest BCUT2D eigenvalue weighted by atomic mass is 32.2. The molecule has 1 aromatic rings. The molecule has 0 aromatic heterocycles. The van der Waals surface area contributed by atoms with Gasteiger partial charge in [-0.15, -0.1) is 0 Å². The third-order valence-electron chi connectivity index (χ3n) is 5.33. The van der Waals surface area contributed by atoms with Gasteiger partial charge >= 0.3 is 0 Å². The molecular weight excluding hydrogens is 410 g/mol. The van der Waals surface area contributed by atoms with Gasteiger partial charge in [-0.1, -0.05) is 18.2 Å². The summed E-state index contributed by atoms with van der Waals surface area (Å²) in [5, 5.41) is 2.87. The van der Waals surface area contributed by atoms with Crippen molar-refractivity contribution in [3.8, 4) is 5.75 Å². The minimum Gasteiger partial charge on any atom is -0.491 e. The van der Waals surface area contributed by atoms with Gasteiger partial charge in [-0.25, -0.2) is 13.1 Å². The fourth-order valence-corrected chi connectivity index (χ4v) is 4.15. The van der Waals surface area contributed by atoms with Crippen molar-refractivity contribution in [2.45, 2.75) is 31.3 Å². The summed E-state index contributed by atoms with van der Waals surface area (Å²) in [4.78, 5) is 27.0. The zero-order valence-electron chi connectivity index (χ0n) is 17.2. The molecule has 3 rings (SSSR count). The smallest absolute Gasteiger partial charge is 0.254 e. The van der Waals surface area contributed by atoms with Gasteiger partial charge in [0.1, 0.15) is 12.4 Å². The van der Waals surface area contributed by atoms with Crippen molar-refractivity contribution < 1.29 is 27.5 Å². The van der Waals surface area contributed by atoms with E-state index >= 15 is 0 Å². The molecule has 1 spiro atoms. The molecule has 0 aliphatic carbocycles. The molecule has 2 amide bonds. The first-order chi connectivity index (χ1) is 14.3. The zero-order valence-corrected chi connectivity index (χ0v) is 18.0. The maximum Gasteiger partial charge on any atom is 0.254 e. The Morgan fingerprint density at radius 2 is 2.07 bits per heavy atom. The molecule has 0 bridgehead atoms. The van der Waals surface area contributed by atoms with Gasteiger partial charge in [0.15, 0.2) is 5.60 Å². The molecule has 1 unspecified atom stereocenters. The standard InChI is InChI=1S/C20H29N3O6S/c1-30(26,27)22-14-18(24)23-11-13-29-20(15-23)9-5-4-7-16-6-2-3-8-17(16)28-12-10-21-19(20)25/h2-3,6,8,22H,4-5,7,9-15H2,1H3,(H,21,25). The number of nitrogens with one attached hydrogen (secondary N) is 2. The molecule has 0 saturated carbocycles. The minimum atomic E-state index is -3.48. The molecule has 2 aliphatic heterocycles. The summed E-state index contributed by atoms with van der Waals surface area (Å²) in [6.45, 7) is 0.955. The van der Waals surface area contributed by atoms with Gasteiger partial charge in [0.2, 0.25) is 15.9 Å². The number of amides is 2. The van der Waals surface area contributed by atoms with Gasteiger partial charge in [0.25, 0.3) is 5.91 Å². The van der Waals surface area contributed by atoms with Crippen molar-refractivity contribution in [2.24, 2.45) is 0 Å². The Kier molecular flexibility index (Phi) is 7.32. The second-order valence-corrected chi connectivity index (χ2v) is 9.50. The number of fused-ring (bicyclic) bond motifs is 1. The Labute approximate surface area is 177 Å². The van der Waals surface area contributed by atoms with E-state index in [-0.39, 0.29) is 31.5 Å². The summed E-state index contributed by atoms with van der Waals surface area (Å²) in [6.07, 6.45) is 3.90. The van der Waals surface area contributed by atoms with Crippen LogP contribution in [0.15, 0.2) is 24.3 Å². The molecule has 2 aliphatic rings. The SMILES string of the molecule is CS(=O)(=O)NCC(=O)N1CCOC2(CCCCc3ccccc3OCCNC2=O)C1. The molecule has 166 valence electrons. The predicted molar refractivity (Wildman–Crippen MR) is 111 cm³/mol. The summed E-state index contributed by atoms with van der Waals surface area (Å²) in [7, 11) is -3.48. The van der Waals surface area contributed by atoms with Crippen molar-refractivity contribution in [3.63, 3.8) is 0 Å². The van der Waals surface area contributed by atoms with Gasteiger partial charge in [-0.05, 0) is 37.3 Å². The van der Waals surface area contributed by atoms with Crippen LogP contribution in [0.2, 0.25) is 0 Å². The van der Waals surface area contributed by atoms with Gasteiger partial charge in [-0.2, -0.15) is 0 Å². The number of carbonyl (C=O) groups is 2. The number of ether oxygens (including phenoxy) is 2. The number of hydrogen-bond donors (Lipinski definition) is 2. The zero-order chi connectivity index (χ0) is 21.6. The Morgan fingerprint density at radius 1 is 1.27 bits per heavy atom. The van der Waals surface area contributed by atoms with Crippen LogP contribution in [0.3, 0.4) is 0 Å². The van der Waals surface area contributed by atoms with Crippen LogP contribution < -0.4 is 14.8 Å². The number of nitrogens with zero attached hydrogens (tertiary/aromatic N) is 1. The van der Waals surface area contributed by atoms with E-state index in [1.54, 1.807) is 0 Å². The Balaban J connectivity index is 1.69. The lowest BCUT2D eigenvalue weighted by Crippen LogP contribution is -2.62.